The first-order valence-electron chi connectivity index (χ1n) is 11.5. The quantitative estimate of drug-likeness (QED) is 0.551. The number of aryl methyl sites for hydroxylation is 2. The largest absolute Gasteiger partial charge is 0.491 e. The average Bonchev–Trinajstić information content (AvgIpc) is 3.15. The minimum absolute atomic E-state index is 0.140. The number of hydrogen-bond donors (Lipinski definition) is 1. The topological polar surface area (TPSA) is 56.1 Å². The number of para-hydroxylation sites is 2. The van der Waals surface area contributed by atoms with Gasteiger partial charge in [0, 0.05) is 5.92 Å². The molecule has 0 spiro atoms. The van der Waals surface area contributed by atoms with E-state index in [1.54, 1.807) is 0 Å². The summed E-state index contributed by atoms with van der Waals surface area (Å²) in [6.07, 6.45) is 5.55. The third-order valence-electron chi connectivity index (χ3n) is 6.32. The van der Waals surface area contributed by atoms with Crippen molar-refractivity contribution in [2.45, 2.75) is 65.5 Å². The predicted molar refractivity (Wildman–Crippen MR) is 124 cm³/mol. The third kappa shape index (κ3) is 4.92. The molecule has 0 saturated heterocycles. The van der Waals surface area contributed by atoms with Crippen molar-refractivity contribution in [3.63, 3.8) is 0 Å². The lowest BCUT2D eigenvalue weighted by molar-refractivity contribution is -0.126. The first kappa shape index (κ1) is 21.4. The maximum Gasteiger partial charge on any atom is 0.223 e. The van der Waals surface area contributed by atoms with Gasteiger partial charge < -0.3 is 14.6 Å². The van der Waals surface area contributed by atoms with E-state index in [1.165, 1.54) is 12.0 Å². The second-order valence-electron chi connectivity index (χ2n) is 8.79. The number of carbonyl (C=O) groups is 1. The number of imidazole rings is 1. The lowest BCUT2D eigenvalue weighted by Gasteiger charge is -2.23. The number of rotatable bonds is 7. The summed E-state index contributed by atoms with van der Waals surface area (Å²) in [5, 5.41) is 3.23. The number of carbonyl (C=O) groups excluding carboxylic acids is 1. The van der Waals surface area contributed by atoms with Crippen LogP contribution in [0.4, 0.5) is 0 Å². The molecule has 1 unspecified atom stereocenters. The minimum Gasteiger partial charge on any atom is -0.491 e. The molecule has 1 heterocycles. The van der Waals surface area contributed by atoms with E-state index >= 15 is 0 Å². The average molecular weight is 420 g/mol. The van der Waals surface area contributed by atoms with Gasteiger partial charge in [-0.2, -0.15) is 0 Å². The highest BCUT2D eigenvalue weighted by atomic mass is 16.5. The lowest BCUT2D eigenvalue weighted by Crippen LogP contribution is -2.35. The van der Waals surface area contributed by atoms with Crippen LogP contribution < -0.4 is 10.1 Å². The van der Waals surface area contributed by atoms with Crippen LogP contribution in [0, 0.1) is 19.8 Å². The Hall–Kier alpha value is -2.82. The maximum absolute atomic E-state index is 12.8. The van der Waals surface area contributed by atoms with Gasteiger partial charge in [-0.3, -0.25) is 4.79 Å². The van der Waals surface area contributed by atoms with Gasteiger partial charge in [0.25, 0.3) is 0 Å². The Morgan fingerprint density at radius 1 is 1.16 bits per heavy atom. The molecule has 0 radical (unpaired) electrons. The first-order valence-corrected chi connectivity index (χ1v) is 11.5. The molecule has 1 aliphatic carbocycles. The van der Waals surface area contributed by atoms with Crippen LogP contribution in [0.1, 0.15) is 62.0 Å². The van der Waals surface area contributed by atoms with Gasteiger partial charge in [-0.05, 0) is 62.9 Å². The summed E-state index contributed by atoms with van der Waals surface area (Å²) in [5.74, 6) is 2.11. The molecule has 4 rings (SSSR count). The van der Waals surface area contributed by atoms with Gasteiger partial charge >= 0.3 is 0 Å². The molecule has 5 heteroatoms. The number of hydrogen-bond acceptors (Lipinski definition) is 3. The summed E-state index contributed by atoms with van der Waals surface area (Å²) < 4.78 is 8.30. The summed E-state index contributed by atoms with van der Waals surface area (Å²) in [6, 6.07) is 14.3. The van der Waals surface area contributed by atoms with Crippen molar-refractivity contribution in [2.75, 3.05) is 6.61 Å². The lowest BCUT2D eigenvalue weighted by atomic mass is 9.88. The number of aromatic nitrogens is 2. The van der Waals surface area contributed by atoms with Crippen molar-refractivity contribution in [2.24, 2.45) is 5.92 Å². The zero-order valence-electron chi connectivity index (χ0n) is 18.9. The highest BCUT2D eigenvalue weighted by Crippen LogP contribution is 2.26. The van der Waals surface area contributed by atoms with Crippen LogP contribution in [0.2, 0.25) is 0 Å². The number of ether oxygens (including phenoxy) is 1. The Labute approximate surface area is 184 Å². The van der Waals surface area contributed by atoms with E-state index in [0.29, 0.717) is 13.2 Å². The van der Waals surface area contributed by atoms with E-state index in [-0.39, 0.29) is 17.9 Å². The second-order valence-corrected chi connectivity index (χ2v) is 8.79. The molecule has 1 atom stereocenters. The van der Waals surface area contributed by atoms with Gasteiger partial charge in [-0.15, -0.1) is 0 Å². The van der Waals surface area contributed by atoms with Crippen molar-refractivity contribution in [1.29, 1.82) is 0 Å². The number of amides is 1. The molecule has 1 N–H and O–H groups in total. The van der Waals surface area contributed by atoms with Crippen molar-refractivity contribution in [3.05, 3.63) is 59.4 Å². The van der Waals surface area contributed by atoms with E-state index in [9.17, 15) is 4.79 Å². The standard InChI is InChI=1S/C26H33N3O2/c1-18-13-14-19(2)24(17-18)31-16-15-29-23-12-8-7-11-22(23)28-25(29)20(3)27-26(30)21-9-5-4-6-10-21/h7-8,11-14,17,20-21H,4-6,9-10,15-16H2,1-3H3,(H,27,30). The molecule has 5 nitrogen and oxygen atoms in total. The predicted octanol–water partition coefficient (Wildman–Crippen LogP) is 5.49. The van der Waals surface area contributed by atoms with Crippen molar-refractivity contribution in [1.82, 2.24) is 14.9 Å². The van der Waals surface area contributed by atoms with Crippen molar-refractivity contribution >= 4 is 16.9 Å². The monoisotopic (exact) mass is 419 g/mol. The van der Waals surface area contributed by atoms with E-state index in [4.69, 9.17) is 9.72 Å². The van der Waals surface area contributed by atoms with E-state index < -0.39 is 0 Å². The van der Waals surface area contributed by atoms with E-state index in [1.807, 2.05) is 25.1 Å². The van der Waals surface area contributed by atoms with Gasteiger partial charge in [0.15, 0.2) is 0 Å². The molecular formula is C26H33N3O2. The Morgan fingerprint density at radius 3 is 2.74 bits per heavy atom. The van der Waals surface area contributed by atoms with Crippen LogP contribution in [0.3, 0.4) is 0 Å². The zero-order valence-corrected chi connectivity index (χ0v) is 18.9. The van der Waals surface area contributed by atoms with Gasteiger partial charge in [0.1, 0.15) is 18.2 Å². The first-order chi connectivity index (χ1) is 15.0. The van der Waals surface area contributed by atoms with Gasteiger partial charge in [-0.25, -0.2) is 4.98 Å². The molecule has 1 saturated carbocycles. The van der Waals surface area contributed by atoms with Crippen LogP contribution in [-0.2, 0) is 11.3 Å². The Morgan fingerprint density at radius 2 is 1.94 bits per heavy atom. The minimum atomic E-state index is -0.150. The zero-order chi connectivity index (χ0) is 21.8. The van der Waals surface area contributed by atoms with Gasteiger partial charge in [0.05, 0.1) is 23.6 Å². The van der Waals surface area contributed by atoms with Crippen LogP contribution in [0.5, 0.6) is 5.75 Å². The number of fused-ring (bicyclic) bond motifs is 1. The fourth-order valence-electron chi connectivity index (χ4n) is 4.53. The smallest absolute Gasteiger partial charge is 0.223 e. The molecular weight excluding hydrogens is 386 g/mol. The highest BCUT2D eigenvalue weighted by Gasteiger charge is 2.24. The summed E-state index contributed by atoms with van der Waals surface area (Å²) >= 11 is 0. The fraction of sp³-hybridized carbons (Fsp3) is 0.462. The van der Waals surface area contributed by atoms with Crippen LogP contribution in [0.25, 0.3) is 11.0 Å². The highest BCUT2D eigenvalue weighted by molar-refractivity contribution is 5.80. The molecule has 2 aromatic carbocycles. The normalized spacial score (nSPS) is 15.7. The molecule has 0 bridgehead atoms. The molecule has 31 heavy (non-hydrogen) atoms. The number of nitrogens with zero attached hydrogens (tertiary/aromatic N) is 2. The summed E-state index contributed by atoms with van der Waals surface area (Å²) in [4.78, 5) is 17.7. The number of nitrogens with one attached hydrogen (secondary N) is 1. The van der Waals surface area contributed by atoms with Gasteiger partial charge in [0.2, 0.25) is 5.91 Å². The molecule has 164 valence electrons. The Balaban J connectivity index is 1.51. The van der Waals surface area contributed by atoms with Crippen molar-refractivity contribution in [3.8, 4) is 5.75 Å². The number of benzene rings is 2. The molecule has 1 amide bonds. The SMILES string of the molecule is Cc1ccc(C)c(OCCn2c(C(C)NC(=O)C3CCCCC3)nc3ccccc32)c1. The van der Waals surface area contributed by atoms with Crippen LogP contribution in [-0.4, -0.2) is 22.1 Å². The third-order valence-corrected chi connectivity index (χ3v) is 6.32. The fourth-order valence-corrected chi connectivity index (χ4v) is 4.53. The molecule has 1 fully saturated rings. The Kier molecular flexibility index (Phi) is 6.59. The van der Waals surface area contributed by atoms with E-state index in [2.05, 4.69) is 48.0 Å². The molecule has 1 aromatic heterocycles. The van der Waals surface area contributed by atoms with Crippen LogP contribution in [0.15, 0.2) is 42.5 Å². The summed E-state index contributed by atoms with van der Waals surface area (Å²) in [5.41, 5.74) is 4.34. The summed E-state index contributed by atoms with van der Waals surface area (Å²) in [6.45, 7) is 7.39. The molecule has 1 aliphatic rings. The van der Waals surface area contributed by atoms with Crippen molar-refractivity contribution < 1.29 is 9.53 Å². The summed E-state index contributed by atoms with van der Waals surface area (Å²) in [7, 11) is 0. The van der Waals surface area contributed by atoms with E-state index in [0.717, 1.165) is 53.9 Å². The van der Waals surface area contributed by atoms with Gasteiger partial charge in [-0.1, -0.05) is 43.5 Å². The second kappa shape index (κ2) is 9.54. The molecule has 3 aromatic rings. The van der Waals surface area contributed by atoms with Crippen LogP contribution >= 0.6 is 0 Å². The molecule has 0 aliphatic heterocycles. The maximum atomic E-state index is 12.8. The Bertz CT molecular complexity index is 1050.